The van der Waals surface area contributed by atoms with E-state index < -0.39 is 5.82 Å². The Hall–Kier alpha value is -2.16. The van der Waals surface area contributed by atoms with E-state index in [0.29, 0.717) is 18.0 Å². The second-order valence-electron chi connectivity index (χ2n) is 4.69. The fraction of sp³-hybridized carbons (Fsp3) is 0.188. The molecule has 0 N–H and O–H groups in total. The summed E-state index contributed by atoms with van der Waals surface area (Å²) in [6.45, 7) is 0. The molecule has 0 unspecified atom stereocenters. The molecule has 0 heterocycles. The van der Waals surface area contributed by atoms with Crippen LogP contribution in [0.2, 0.25) is 0 Å². The number of rotatable bonds is 4. The van der Waals surface area contributed by atoms with Crippen LogP contribution < -0.4 is 4.74 Å². The molecular formula is C16H13FO2. The van der Waals surface area contributed by atoms with Crippen LogP contribution in [0.5, 0.6) is 5.75 Å². The Labute approximate surface area is 110 Å². The van der Waals surface area contributed by atoms with Gasteiger partial charge in [-0.1, -0.05) is 18.2 Å². The third-order valence-electron chi connectivity index (χ3n) is 3.11. The lowest BCUT2D eigenvalue weighted by atomic mass is 10.00. The summed E-state index contributed by atoms with van der Waals surface area (Å²) in [4.78, 5) is 11.0. The molecule has 2 aromatic rings. The standard InChI is InChI=1S/C16H13FO2/c17-13-4-7-16(12(8-13)10-18)11-2-1-3-15(9-11)19-14-5-6-14/h1-4,7-10,14H,5-6H2. The van der Waals surface area contributed by atoms with Crippen LogP contribution in [0.4, 0.5) is 4.39 Å². The molecule has 3 rings (SSSR count). The number of carbonyl (C=O) groups excluding carboxylic acids is 1. The van der Waals surface area contributed by atoms with Crippen LogP contribution in [0.1, 0.15) is 23.2 Å². The van der Waals surface area contributed by atoms with Gasteiger partial charge in [0.15, 0.2) is 6.29 Å². The van der Waals surface area contributed by atoms with Crippen molar-refractivity contribution in [2.45, 2.75) is 18.9 Å². The Morgan fingerprint density at radius 1 is 1.16 bits per heavy atom. The van der Waals surface area contributed by atoms with Gasteiger partial charge in [-0.25, -0.2) is 4.39 Å². The van der Waals surface area contributed by atoms with Gasteiger partial charge in [0.05, 0.1) is 6.10 Å². The lowest BCUT2D eigenvalue weighted by Gasteiger charge is -2.09. The fourth-order valence-corrected chi connectivity index (χ4v) is 2.01. The molecule has 2 nitrogen and oxygen atoms in total. The van der Waals surface area contributed by atoms with Gasteiger partial charge in [0.1, 0.15) is 11.6 Å². The minimum atomic E-state index is -0.406. The monoisotopic (exact) mass is 256 g/mol. The lowest BCUT2D eigenvalue weighted by Crippen LogP contribution is -1.96. The molecule has 0 bridgehead atoms. The highest BCUT2D eigenvalue weighted by atomic mass is 19.1. The van der Waals surface area contributed by atoms with Crippen molar-refractivity contribution >= 4 is 6.29 Å². The van der Waals surface area contributed by atoms with E-state index in [4.69, 9.17) is 4.74 Å². The average molecular weight is 256 g/mol. The summed E-state index contributed by atoms with van der Waals surface area (Å²) in [5, 5.41) is 0. The summed E-state index contributed by atoms with van der Waals surface area (Å²) < 4.78 is 18.8. The van der Waals surface area contributed by atoms with Crippen LogP contribution in [-0.4, -0.2) is 12.4 Å². The maximum atomic E-state index is 13.1. The number of hydrogen-bond acceptors (Lipinski definition) is 2. The Morgan fingerprint density at radius 2 is 2.00 bits per heavy atom. The average Bonchev–Trinajstić information content (AvgIpc) is 3.23. The van der Waals surface area contributed by atoms with Crippen molar-refractivity contribution in [2.24, 2.45) is 0 Å². The molecule has 0 spiro atoms. The number of carbonyl (C=O) groups is 1. The van der Waals surface area contributed by atoms with Gasteiger partial charge in [0, 0.05) is 5.56 Å². The van der Waals surface area contributed by atoms with Gasteiger partial charge in [-0.3, -0.25) is 4.79 Å². The maximum Gasteiger partial charge on any atom is 0.150 e. The molecule has 1 aliphatic rings. The predicted molar refractivity (Wildman–Crippen MR) is 70.9 cm³/mol. The molecule has 3 heteroatoms. The minimum absolute atomic E-state index is 0.328. The number of hydrogen-bond donors (Lipinski definition) is 0. The first kappa shape index (κ1) is 11.9. The van der Waals surface area contributed by atoms with Crippen molar-refractivity contribution in [3.8, 4) is 16.9 Å². The Balaban J connectivity index is 1.98. The number of halogens is 1. The van der Waals surface area contributed by atoms with E-state index in [1.54, 1.807) is 6.07 Å². The second-order valence-corrected chi connectivity index (χ2v) is 4.69. The molecular weight excluding hydrogens is 243 g/mol. The fourth-order valence-electron chi connectivity index (χ4n) is 2.01. The van der Waals surface area contributed by atoms with Crippen molar-refractivity contribution in [1.29, 1.82) is 0 Å². The topological polar surface area (TPSA) is 26.3 Å². The quantitative estimate of drug-likeness (QED) is 0.777. The summed E-state index contributed by atoms with van der Waals surface area (Å²) >= 11 is 0. The molecule has 0 aliphatic heterocycles. The molecule has 0 atom stereocenters. The van der Waals surface area contributed by atoms with Crippen LogP contribution in [0, 0.1) is 5.82 Å². The number of benzene rings is 2. The van der Waals surface area contributed by atoms with Gasteiger partial charge in [-0.05, 0) is 48.2 Å². The molecule has 19 heavy (non-hydrogen) atoms. The van der Waals surface area contributed by atoms with Crippen molar-refractivity contribution in [2.75, 3.05) is 0 Å². The van der Waals surface area contributed by atoms with Crippen molar-refractivity contribution in [3.05, 3.63) is 53.8 Å². The Bertz CT molecular complexity index is 618. The minimum Gasteiger partial charge on any atom is -0.490 e. The number of ether oxygens (including phenoxy) is 1. The number of aldehydes is 1. The molecule has 0 radical (unpaired) electrons. The zero-order valence-corrected chi connectivity index (χ0v) is 10.3. The first-order chi connectivity index (χ1) is 9.26. The normalized spacial score (nSPS) is 14.2. The molecule has 1 saturated carbocycles. The van der Waals surface area contributed by atoms with Crippen LogP contribution >= 0.6 is 0 Å². The van der Waals surface area contributed by atoms with E-state index in [-0.39, 0.29) is 0 Å². The first-order valence-electron chi connectivity index (χ1n) is 6.28. The third kappa shape index (κ3) is 2.65. The van der Waals surface area contributed by atoms with Crippen LogP contribution in [0.25, 0.3) is 11.1 Å². The second kappa shape index (κ2) is 4.84. The molecule has 1 fully saturated rings. The van der Waals surface area contributed by atoms with Gasteiger partial charge >= 0.3 is 0 Å². The SMILES string of the molecule is O=Cc1cc(F)ccc1-c1cccc(OC2CC2)c1. The van der Waals surface area contributed by atoms with Crippen molar-refractivity contribution in [3.63, 3.8) is 0 Å². The molecule has 0 saturated heterocycles. The predicted octanol–water partition coefficient (Wildman–Crippen LogP) is 3.85. The zero-order valence-electron chi connectivity index (χ0n) is 10.3. The van der Waals surface area contributed by atoms with Gasteiger partial charge in [-0.2, -0.15) is 0 Å². The van der Waals surface area contributed by atoms with Gasteiger partial charge in [0.25, 0.3) is 0 Å². The smallest absolute Gasteiger partial charge is 0.150 e. The Morgan fingerprint density at radius 3 is 2.74 bits per heavy atom. The molecule has 1 aliphatic carbocycles. The maximum absolute atomic E-state index is 13.1. The van der Waals surface area contributed by atoms with E-state index in [9.17, 15) is 9.18 Å². The van der Waals surface area contributed by atoms with Crippen LogP contribution in [0.3, 0.4) is 0 Å². The summed E-state index contributed by atoms with van der Waals surface area (Å²) in [6.07, 6.45) is 3.20. The summed E-state index contributed by atoms with van der Waals surface area (Å²) in [5.41, 5.74) is 1.93. The van der Waals surface area contributed by atoms with E-state index in [1.165, 1.54) is 12.1 Å². The zero-order chi connectivity index (χ0) is 13.2. The van der Waals surface area contributed by atoms with Gasteiger partial charge in [0.2, 0.25) is 0 Å². The largest absolute Gasteiger partial charge is 0.490 e. The van der Waals surface area contributed by atoms with E-state index in [1.807, 2.05) is 24.3 Å². The first-order valence-corrected chi connectivity index (χ1v) is 6.28. The van der Waals surface area contributed by atoms with Crippen molar-refractivity contribution in [1.82, 2.24) is 0 Å². The molecule has 0 amide bonds. The highest BCUT2D eigenvalue weighted by Crippen LogP contribution is 2.31. The van der Waals surface area contributed by atoms with E-state index >= 15 is 0 Å². The highest BCUT2D eigenvalue weighted by Gasteiger charge is 2.23. The summed E-state index contributed by atoms with van der Waals surface area (Å²) in [5.74, 6) is 0.386. The molecule has 0 aromatic heterocycles. The molecule has 96 valence electrons. The van der Waals surface area contributed by atoms with Gasteiger partial charge in [-0.15, -0.1) is 0 Å². The summed E-state index contributed by atoms with van der Waals surface area (Å²) in [7, 11) is 0. The van der Waals surface area contributed by atoms with E-state index in [0.717, 1.165) is 29.7 Å². The van der Waals surface area contributed by atoms with Gasteiger partial charge < -0.3 is 4.74 Å². The summed E-state index contributed by atoms with van der Waals surface area (Å²) in [6, 6.07) is 11.8. The van der Waals surface area contributed by atoms with Crippen molar-refractivity contribution < 1.29 is 13.9 Å². The lowest BCUT2D eigenvalue weighted by molar-refractivity contribution is 0.112. The van der Waals surface area contributed by atoms with Crippen LogP contribution in [0.15, 0.2) is 42.5 Å². The van der Waals surface area contributed by atoms with E-state index in [2.05, 4.69) is 0 Å². The highest BCUT2D eigenvalue weighted by molar-refractivity contribution is 5.87. The third-order valence-corrected chi connectivity index (χ3v) is 3.11. The Kier molecular flexibility index (Phi) is 3.03. The van der Waals surface area contributed by atoms with Crippen LogP contribution in [-0.2, 0) is 0 Å². The molecule has 2 aromatic carbocycles.